The van der Waals surface area contributed by atoms with E-state index >= 15 is 0 Å². The summed E-state index contributed by atoms with van der Waals surface area (Å²) in [6.45, 7) is 7.28. The molecule has 0 N–H and O–H groups in total. The van der Waals surface area contributed by atoms with Crippen LogP contribution in [0.1, 0.15) is 33.3 Å². The minimum Gasteiger partial charge on any atom is -0.298 e. The molecule has 0 fully saturated rings. The molecular weight excluding hydrogens is 258 g/mol. The van der Waals surface area contributed by atoms with Crippen molar-refractivity contribution in [1.82, 2.24) is 5.06 Å². The summed E-state index contributed by atoms with van der Waals surface area (Å²) in [5, 5.41) is 17.4. The zero-order valence-corrected chi connectivity index (χ0v) is 12.5. The molecule has 0 bridgehead atoms. The Morgan fingerprint density at radius 3 is 2.26 bits per heavy atom. The third-order valence-corrected chi connectivity index (χ3v) is 4.43. The van der Waals surface area contributed by atoms with Crippen LogP contribution in [-0.2, 0) is 10.0 Å². The van der Waals surface area contributed by atoms with Crippen LogP contribution in [0.15, 0.2) is 34.0 Å². The van der Waals surface area contributed by atoms with Gasteiger partial charge in [-0.2, -0.15) is 11.3 Å². The van der Waals surface area contributed by atoms with Crippen LogP contribution < -0.4 is 0 Å². The first-order chi connectivity index (χ1) is 8.81. The lowest BCUT2D eigenvalue weighted by Crippen LogP contribution is -2.47. The normalized spacial score (nSPS) is 22.4. The van der Waals surface area contributed by atoms with Crippen molar-refractivity contribution < 1.29 is 10.0 Å². The summed E-state index contributed by atoms with van der Waals surface area (Å²) in [4.78, 5) is 11.4. The van der Waals surface area contributed by atoms with Gasteiger partial charge in [-0.25, -0.2) is 0 Å². The van der Waals surface area contributed by atoms with E-state index in [1.807, 2.05) is 42.8 Å². The molecule has 1 radical (unpaired) electrons. The zero-order chi connectivity index (χ0) is 14.3. The van der Waals surface area contributed by atoms with Gasteiger partial charge in [0.1, 0.15) is 6.29 Å². The van der Waals surface area contributed by atoms with E-state index in [1.54, 1.807) is 25.2 Å². The van der Waals surface area contributed by atoms with E-state index in [0.29, 0.717) is 5.57 Å². The number of carbonyl (C=O) groups excluding carboxylic acids is 1. The molecule has 1 aromatic heterocycles. The molecule has 0 unspecified atom stereocenters. The quantitative estimate of drug-likeness (QED) is 0.793. The first-order valence-electron chi connectivity index (χ1n) is 6.20. The molecule has 0 atom stereocenters. The fraction of sp³-hybridized carbons (Fsp3) is 0.400. The predicted molar refractivity (Wildman–Crippen MR) is 77.1 cm³/mol. The van der Waals surface area contributed by atoms with E-state index in [1.165, 1.54) is 0 Å². The Hall–Kier alpha value is -1.23. The summed E-state index contributed by atoms with van der Waals surface area (Å²) in [6.07, 6.45) is 4.66. The third kappa shape index (κ3) is 2.20. The minimum absolute atomic E-state index is 0.568. The molecular formula is C15H18NO2S. The van der Waals surface area contributed by atoms with Crippen LogP contribution in [-0.4, -0.2) is 22.4 Å². The second-order valence-corrected chi connectivity index (χ2v) is 6.53. The molecule has 2 rings (SSSR count). The largest absolute Gasteiger partial charge is 0.298 e. The van der Waals surface area contributed by atoms with Crippen LogP contribution in [0.4, 0.5) is 0 Å². The van der Waals surface area contributed by atoms with E-state index < -0.39 is 11.1 Å². The van der Waals surface area contributed by atoms with Crippen LogP contribution in [0.25, 0.3) is 6.08 Å². The van der Waals surface area contributed by atoms with Gasteiger partial charge in [-0.1, -0.05) is 12.2 Å². The maximum atomic E-state index is 12.4. The topological polar surface area (TPSA) is 40.2 Å². The van der Waals surface area contributed by atoms with E-state index in [9.17, 15) is 10.0 Å². The molecule has 19 heavy (non-hydrogen) atoms. The smallest absolute Gasteiger partial charge is 0.148 e. The van der Waals surface area contributed by atoms with Crippen molar-refractivity contribution in [3.63, 3.8) is 0 Å². The Morgan fingerprint density at radius 1 is 1.11 bits per heavy atom. The standard InChI is InChI=1S/C15H18NO2S/c1-14(2)12(6-5-11-7-8-19-10-11)13(9-17)15(3,4)16(14)18/h5-10H,1-4H3/b6-5+. The van der Waals surface area contributed by atoms with Crippen molar-refractivity contribution in [2.24, 2.45) is 0 Å². The molecule has 1 aromatic rings. The monoisotopic (exact) mass is 276 g/mol. The van der Waals surface area contributed by atoms with Gasteiger partial charge >= 0.3 is 0 Å². The van der Waals surface area contributed by atoms with Gasteiger partial charge in [-0.3, -0.25) is 4.79 Å². The number of nitrogens with zero attached hydrogens (tertiary/aromatic N) is 1. The lowest BCUT2D eigenvalue weighted by Gasteiger charge is -2.33. The molecule has 2 heterocycles. The molecule has 1 aliphatic heterocycles. The molecule has 0 aliphatic carbocycles. The van der Waals surface area contributed by atoms with Gasteiger partial charge < -0.3 is 0 Å². The number of thiophene rings is 1. The van der Waals surface area contributed by atoms with E-state index in [-0.39, 0.29) is 0 Å². The molecule has 0 saturated carbocycles. The molecule has 3 nitrogen and oxygen atoms in total. The van der Waals surface area contributed by atoms with E-state index in [4.69, 9.17) is 0 Å². The Morgan fingerprint density at radius 2 is 1.74 bits per heavy atom. The summed E-state index contributed by atoms with van der Waals surface area (Å²) < 4.78 is 0. The molecule has 4 heteroatoms. The van der Waals surface area contributed by atoms with Crippen molar-refractivity contribution in [3.05, 3.63) is 39.6 Å². The third-order valence-electron chi connectivity index (χ3n) is 3.73. The van der Waals surface area contributed by atoms with Gasteiger partial charge in [0.05, 0.1) is 11.1 Å². The molecule has 0 aromatic carbocycles. The Kier molecular flexibility index (Phi) is 3.51. The molecule has 0 saturated heterocycles. The predicted octanol–water partition coefficient (Wildman–Crippen LogP) is 3.48. The van der Waals surface area contributed by atoms with Crippen molar-refractivity contribution in [2.75, 3.05) is 0 Å². The van der Waals surface area contributed by atoms with Crippen molar-refractivity contribution >= 4 is 23.7 Å². The maximum Gasteiger partial charge on any atom is 0.148 e. The van der Waals surface area contributed by atoms with Gasteiger partial charge in [0.15, 0.2) is 0 Å². The Labute approximate surface area is 117 Å². The highest BCUT2D eigenvalue weighted by molar-refractivity contribution is 7.08. The number of hydrogen-bond donors (Lipinski definition) is 0. The number of aldehydes is 1. The molecule has 0 spiro atoms. The number of rotatable bonds is 3. The summed E-state index contributed by atoms with van der Waals surface area (Å²) in [7, 11) is 0. The molecule has 101 valence electrons. The van der Waals surface area contributed by atoms with Crippen LogP contribution in [0.5, 0.6) is 0 Å². The Balaban J connectivity index is 2.48. The average Bonchev–Trinajstić information content (AvgIpc) is 2.88. The zero-order valence-electron chi connectivity index (χ0n) is 11.6. The van der Waals surface area contributed by atoms with Gasteiger partial charge in [0, 0.05) is 5.57 Å². The number of carbonyl (C=O) groups is 1. The van der Waals surface area contributed by atoms with E-state index in [2.05, 4.69) is 0 Å². The molecule has 1 aliphatic rings. The van der Waals surface area contributed by atoms with Crippen LogP contribution >= 0.6 is 11.3 Å². The van der Waals surface area contributed by atoms with Crippen molar-refractivity contribution in [2.45, 2.75) is 38.8 Å². The van der Waals surface area contributed by atoms with Gasteiger partial charge in [0.2, 0.25) is 0 Å². The summed E-state index contributed by atoms with van der Waals surface area (Å²) >= 11 is 1.62. The highest BCUT2D eigenvalue weighted by atomic mass is 32.1. The van der Waals surface area contributed by atoms with Crippen molar-refractivity contribution in [1.29, 1.82) is 0 Å². The fourth-order valence-corrected chi connectivity index (χ4v) is 3.26. The average molecular weight is 276 g/mol. The van der Waals surface area contributed by atoms with Crippen LogP contribution in [0, 0.1) is 0 Å². The number of hydroxylamine groups is 2. The Bertz CT molecular complexity index is 539. The molecule has 0 amide bonds. The lowest BCUT2D eigenvalue weighted by molar-refractivity contribution is -0.239. The van der Waals surface area contributed by atoms with Crippen LogP contribution in [0.2, 0.25) is 0 Å². The van der Waals surface area contributed by atoms with E-state index in [0.717, 1.165) is 22.5 Å². The lowest BCUT2D eigenvalue weighted by atomic mass is 9.91. The van der Waals surface area contributed by atoms with Gasteiger partial charge in [-0.05, 0) is 55.7 Å². The highest BCUT2D eigenvalue weighted by Gasteiger charge is 2.50. The SMILES string of the molecule is CC1(C)C(C=O)=C(/C=C/c2ccsc2)C(C)(C)N1[O]. The second-order valence-electron chi connectivity index (χ2n) is 5.75. The fourth-order valence-electron chi connectivity index (χ4n) is 2.63. The van der Waals surface area contributed by atoms with Crippen LogP contribution in [0.3, 0.4) is 0 Å². The van der Waals surface area contributed by atoms with Gasteiger partial charge in [-0.15, -0.1) is 10.3 Å². The minimum atomic E-state index is -0.778. The summed E-state index contributed by atoms with van der Waals surface area (Å²) in [5.74, 6) is 0. The van der Waals surface area contributed by atoms with Gasteiger partial charge in [0.25, 0.3) is 0 Å². The highest BCUT2D eigenvalue weighted by Crippen LogP contribution is 2.43. The summed E-state index contributed by atoms with van der Waals surface area (Å²) in [5.41, 5.74) is 0.986. The number of hydrogen-bond acceptors (Lipinski definition) is 3. The summed E-state index contributed by atoms with van der Waals surface area (Å²) in [6, 6.07) is 2.00. The maximum absolute atomic E-state index is 12.4. The second kappa shape index (κ2) is 4.71. The van der Waals surface area contributed by atoms with Crippen molar-refractivity contribution in [3.8, 4) is 0 Å². The first kappa shape index (κ1) is 14.2. The first-order valence-corrected chi connectivity index (χ1v) is 7.14.